The summed E-state index contributed by atoms with van der Waals surface area (Å²) in [5, 5.41) is 3.48. The number of rotatable bonds is 6. The van der Waals surface area contributed by atoms with Crippen LogP contribution in [0.15, 0.2) is 0 Å². The maximum Gasteiger partial charge on any atom is 0.00897 e. The summed E-state index contributed by atoms with van der Waals surface area (Å²) >= 11 is 0. The first-order valence-corrected chi connectivity index (χ1v) is 6.99. The number of hydrogen-bond acceptors (Lipinski definition) is 1. The van der Waals surface area contributed by atoms with Gasteiger partial charge in [-0.15, -0.1) is 0 Å². The lowest BCUT2D eigenvalue weighted by Crippen LogP contribution is -2.35. The summed E-state index contributed by atoms with van der Waals surface area (Å²) in [5.41, 5.74) is 0. The average Bonchev–Trinajstić information content (AvgIpc) is 2.29. The van der Waals surface area contributed by atoms with Crippen molar-refractivity contribution >= 4 is 0 Å². The van der Waals surface area contributed by atoms with Gasteiger partial charge >= 0.3 is 0 Å². The monoisotopic (exact) mass is 211 g/mol. The molecule has 0 radical (unpaired) electrons. The fraction of sp³-hybridized carbons (Fsp3) is 1.00. The maximum atomic E-state index is 3.48. The van der Waals surface area contributed by atoms with E-state index in [0.717, 1.165) is 17.9 Å². The summed E-state index contributed by atoms with van der Waals surface area (Å²) in [6, 6.07) is 0.775. The second-order valence-corrected chi connectivity index (χ2v) is 5.23. The first kappa shape index (κ1) is 13.0. The lowest BCUT2D eigenvalue weighted by atomic mass is 9.76. The van der Waals surface area contributed by atoms with Crippen LogP contribution in [0.3, 0.4) is 0 Å². The Balaban J connectivity index is 2.22. The molecule has 1 heteroatoms. The van der Waals surface area contributed by atoms with Crippen LogP contribution in [-0.4, -0.2) is 13.1 Å². The summed E-state index contributed by atoms with van der Waals surface area (Å²) in [5.74, 6) is 2.01. The first-order valence-electron chi connectivity index (χ1n) is 6.99. The summed E-state index contributed by atoms with van der Waals surface area (Å²) in [6.45, 7) is 4.62. The van der Waals surface area contributed by atoms with E-state index in [1.54, 1.807) is 0 Å². The molecule has 1 atom stereocenters. The molecule has 1 unspecified atom stereocenters. The van der Waals surface area contributed by atoms with Gasteiger partial charge in [0, 0.05) is 6.04 Å². The van der Waals surface area contributed by atoms with E-state index in [0.29, 0.717) is 0 Å². The minimum Gasteiger partial charge on any atom is -0.317 e. The van der Waals surface area contributed by atoms with E-state index in [-0.39, 0.29) is 0 Å². The van der Waals surface area contributed by atoms with E-state index < -0.39 is 0 Å². The molecule has 0 saturated heterocycles. The maximum absolute atomic E-state index is 3.48. The fourth-order valence-electron chi connectivity index (χ4n) is 3.15. The van der Waals surface area contributed by atoms with Crippen LogP contribution in [0.4, 0.5) is 0 Å². The molecule has 0 aliphatic heterocycles. The SMILES string of the molecule is CCCCC1CCC(C(CC)NC)CC1. The molecular weight excluding hydrogens is 182 g/mol. The molecular formula is C14H29N. The second-order valence-electron chi connectivity index (χ2n) is 5.23. The van der Waals surface area contributed by atoms with Crippen LogP contribution in [0.5, 0.6) is 0 Å². The molecule has 1 aliphatic rings. The summed E-state index contributed by atoms with van der Waals surface area (Å²) in [7, 11) is 2.12. The highest BCUT2D eigenvalue weighted by molar-refractivity contribution is 4.80. The molecule has 1 aliphatic carbocycles. The Labute approximate surface area is 96.0 Å². The van der Waals surface area contributed by atoms with Gasteiger partial charge in [0.25, 0.3) is 0 Å². The van der Waals surface area contributed by atoms with E-state index in [1.165, 1.54) is 51.4 Å². The zero-order chi connectivity index (χ0) is 11.1. The fourth-order valence-corrected chi connectivity index (χ4v) is 3.15. The van der Waals surface area contributed by atoms with E-state index >= 15 is 0 Å². The zero-order valence-electron chi connectivity index (χ0n) is 10.9. The smallest absolute Gasteiger partial charge is 0.00897 e. The predicted molar refractivity (Wildman–Crippen MR) is 68.1 cm³/mol. The molecule has 1 fully saturated rings. The molecule has 0 amide bonds. The normalized spacial score (nSPS) is 29.0. The third kappa shape index (κ3) is 4.14. The highest BCUT2D eigenvalue weighted by atomic mass is 14.9. The Bertz CT molecular complexity index is 143. The van der Waals surface area contributed by atoms with Crippen molar-refractivity contribution in [1.29, 1.82) is 0 Å². The van der Waals surface area contributed by atoms with Crippen LogP contribution < -0.4 is 5.32 Å². The van der Waals surface area contributed by atoms with Crippen molar-refractivity contribution in [3.05, 3.63) is 0 Å². The highest BCUT2D eigenvalue weighted by Crippen LogP contribution is 2.34. The summed E-state index contributed by atoms with van der Waals surface area (Å²) in [4.78, 5) is 0. The minimum atomic E-state index is 0.775. The Morgan fingerprint density at radius 1 is 1.13 bits per heavy atom. The Morgan fingerprint density at radius 2 is 1.80 bits per heavy atom. The van der Waals surface area contributed by atoms with Gasteiger partial charge in [-0.3, -0.25) is 0 Å². The van der Waals surface area contributed by atoms with E-state index in [4.69, 9.17) is 0 Å². The van der Waals surface area contributed by atoms with Gasteiger partial charge in [-0.25, -0.2) is 0 Å². The molecule has 90 valence electrons. The molecule has 0 spiro atoms. The Hall–Kier alpha value is -0.0400. The van der Waals surface area contributed by atoms with Crippen LogP contribution in [0.2, 0.25) is 0 Å². The molecule has 15 heavy (non-hydrogen) atoms. The van der Waals surface area contributed by atoms with Crippen molar-refractivity contribution in [2.45, 2.75) is 71.3 Å². The van der Waals surface area contributed by atoms with Crippen molar-refractivity contribution in [1.82, 2.24) is 5.32 Å². The van der Waals surface area contributed by atoms with Crippen molar-refractivity contribution in [3.63, 3.8) is 0 Å². The van der Waals surface area contributed by atoms with Gasteiger partial charge in [0.15, 0.2) is 0 Å². The van der Waals surface area contributed by atoms with Crippen LogP contribution in [0, 0.1) is 11.8 Å². The second kappa shape index (κ2) is 7.27. The van der Waals surface area contributed by atoms with E-state index in [2.05, 4.69) is 26.2 Å². The van der Waals surface area contributed by atoms with Crippen LogP contribution >= 0.6 is 0 Å². The number of nitrogens with one attached hydrogen (secondary N) is 1. The van der Waals surface area contributed by atoms with Crippen LogP contribution in [-0.2, 0) is 0 Å². The Kier molecular flexibility index (Phi) is 6.31. The molecule has 0 aromatic carbocycles. The van der Waals surface area contributed by atoms with Crippen LogP contribution in [0.25, 0.3) is 0 Å². The third-order valence-corrected chi connectivity index (χ3v) is 4.24. The standard InChI is InChI=1S/C14H29N/c1-4-6-7-12-8-10-13(11-9-12)14(5-2)15-3/h12-15H,4-11H2,1-3H3. The molecule has 0 aromatic rings. The average molecular weight is 211 g/mol. The van der Waals surface area contributed by atoms with Gasteiger partial charge in [-0.2, -0.15) is 0 Å². The van der Waals surface area contributed by atoms with Gasteiger partial charge in [-0.05, 0) is 38.1 Å². The van der Waals surface area contributed by atoms with Crippen LogP contribution in [0.1, 0.15) is 65.2 Å². The van der Waals surface area contributed by atoms with E-state index in [9.17, 15) is 0 Å². The molecule has 0 heterocycles. The van der Waals surface area contributed by atoms with Crippen molar-refractivity contribution < 1.29 is 0 Å². The Morgan fingerprint density at radius 3 is 2.27 bits per heavy atom. The topological polar surface area (TPSA) is 12.0 Å². The third-order valence-electron chi connectivity index (χ3n) is 4.24. The van der Waals surface area contributed by atoms with E-state index in [1.807, 2.05) is 0 Å². The van der Waals surface area contributed by atoms with Crippen molar-refractivity contribution in [3.8, 4) is 0 Å². The van der Waals surface area contributed by atoms with Gasteiger partial charge in [0.05, 0.1) is 0 Å². The highest BCUT2D eigenvalue weighted by Gasteiger charge is 2.25. The molecule has 0 aromatic heterocycles. The predicted octanol–water partition coefficient (Wildman–Crippen LogP) is 3.98. The van der Waals surface area contributed by atoms with Gasteiger partial charge < -0.3 is 5.32 Å². The quantitative estimate of drug-likeness (QED) is 0.700. The van der Waals surface area contributed by atoms with Crippen molar-refractivity contribution in [2.75, 3.05) is 7.05 Å². The molecule has 1 nitrogen and oxygen atoms in total. The molecule has 1 rings (SSSR count). The summed E-state index contributed by atoms with van der Waals surface area (Å²) in [6.07, 6.45) is 11.5. The van der Waals surface area contributed by atoms with Gasteiger partial charge in [0.2, 0.25) is 0 Å². The van der Waals surface area contributed by atoms with Gasteiger partial charge in [-0.1, -0.05) is 46.0 Å². The van der Waals surface area contributed by atoms with Gasteiger partial charge in [0.1, 0.15) is 0 Å². The lowest BCUT2D eigenvalue weighted by Gasteiger charge is -2.33. The lowest BCUT2D eigenvalue weighted by molar-refractivity contribution is 0.214. The number of unbranched alkanes of at least 4 members (excludes halogenated alkanes) is 1. The zero-order valence-corrected chi connectivity index (χ0v) is 10.9. The number of hydrogen-bond donors (Lipinski definition) is 1. The van der Waals surface area contributed by atoms with Crippen molar-refractivity contribution in [2.24, 2.45) is 11.8 Å². The summed E-state index contributed by atoms with van der Waals surface area (Å²) < 4.78 is 0. The first-order chi connectivity index (χ1) is 7.31. The molecule has 1 N–H and O–H groups in total. The largest absolute Gasteiger partial charge is 0.317 e. The minimum absolute atomic E-state index is 0.775. The molecule has 0 bridgehead atoms. The molecule has 1 saturated carbocycles.